The predicted octanol–water partition coefficient (Wildman–Crippen LogP) is 5.41. The maximum Gasteiger partial charge on any atom is 0.251 e. The maximum absolute atomic E-state index is 13.8. The summed E-state index contributed by atoms with van der Waals surface area (Å²) >= 11 is 0. The fourth-order valence-corrected chi connectivity index (χ4v) is 8.96. The van der Waals surface area contributed by atoms with Crippen LogP contribution >= 0.6 is 0 Å². The molecule has 1 aliphatic heterocycles. The summed E-state index contributed by atoms with van der Waals surface area (Å²) in [5.74, 6) is 4.29. The van der Waals surface area contributed by atoms with Crippen LogP contribution in [0.1, 0.15) is 93.5 Å². The molecule has 204 valence electrons. The summed E-state index contributed by atoms with van der Waals surface area (Å²) in [6.07, 6.45) is 10.4. The summed E-state index contributed by atoms with van der Waals surface area (Å²) in [5, 5.41) is 3.52. The summed E-state index contributed by atoms with van der Waals surface area (Å²) in [6.45, 7) is 4.76. The van der Waals surface area contributed by atoms with E-state index in [2.05, 4.69) is 19.2 Å². The van der Waals surface area contributed by atoms with Gasteiger partial charge in [0.15, 0.2) is 6.79 Å². The third-order valence-electron chi connectivity index (χ3n) is 9.98. The first-order valence-corrected chi connectivity index (χ1v) is 14.2. The van der Waals surface area contributed by atoms with Crippen molar-refractivity contribution in [1.29, 1.82) is 0 Å². The van der Waals surface area contributed by atoms with Crippen molar-refractivity contribution in [3.63, 3.8) is 0 Å². The van der Waals surface area contributed by atoms with Crippen LogP contribution in [0.25, 0.3) is 0 Å². The fourth-order valence-electron chi connectivity index (χ4n) is 8.96. The highest BCUT2D eigenvalue weighted by Gasteiger charge is 2.52. The van der Waals surface area contributed by atoms with Crippen molar-refractivity contribution in [3.05, 3.63) is 23.3 Å². The Hall–Kier alpha value is -1.83. The van der Waals surface area contributed by atoms with Gasteiger partial charge in [-0.05, 0) is 102 Å². The highest BCUT2D eigenvalue weighted by Crippen LogP contribution is 2.57. The Morgan fingerprint density at radius 3 is 2.30 bits per heavy atom. The van der Waals surface area contributed by atoms with Crippen molar-refractivity contribution in [1.82, 2.24) is 5.32 Å². The molecule has 1 heterocycles. The van der Waals surface area contributed by atoms with Gasteiger partial charge in [-0.25, -0.2) is 0 Å². The summed E-state index contributed by atoms with van der Waals surface area (Å²) in [4.78, 5) is 13.8. The van der Waals surface area contributed by atoms with Crippen molar-refractivity contribution in [2.45, 2.75) is 94.8 Å². The normalized spacial score (nSPS) is 36.9. The Bertz CT molecular complexity index is 986. The minimum absolute atomic E-state index is 0.0134. The van der Waals surface area contributed by atoms with Crippen molar-refractivity contribution in [2.24, 2.45) is 23.7 Å². The molecule has 1 amide bonds. The van der Waals surface area contributed by atoms with Gasteiger partial charge < -0.3 is 29.0 Å². The second-order valence-electron chi connectivity index (χ2n) is 13.0. The van der Waals surface area contributed by atoms with Crippen molar-refractivity contribution < 1.29 is 28.5 Å². The molecule has 6 aliphatic rings. The van der Waals surface area contributed by atoms with Gasteiger partial charge >= 0.3 is 0 Å². The van der Waals surface area contributed by atoms with Gasteiger partial charge in [0.25, 0.3) is 5.91 Å². The van der Waals surface area contributed by atoms with Crippen LogP contribution < -0.4 is 14.8 Å². The monoisotopic (exact) mass is 513 g/mol. The SMILES string of the molecule is COCOc1cc(C(=O)NC23CC4CC(CC(C4)C2)C3)cc2c1[C@@H]1C[C@H](OCOC)CC[C@H]1C(C)(C)O2. The van der Waals surface area contributed by atoms with E-state index >= 15 is 0 Å². The molecule has 7 nitrogen and oxygen atoms in total. The van der Waals surface area contributed by atoms with Gasteiger partial charge in [0.1, 0.15) is 23.9 Å². The van der Waals surface area contributed by atoms with Gasteiger partial charge in [-0.3, -0.25) is 4.79 Å². The Morgan fingerprint density at radius 1 is 0.973 bits per heavy atom. The molecule has 1 aromatic rings. The summed E-state index contributed by atoms with van der Waals surface area (Å²) in [7, 11) is 3.28. The average Bonchev–Trinajstić information content (AvgIpc) is 2.84. The third-order valence-corrected chi connectivity index (χ3v) is 9.98. The number of benzene rings is 1. The number of carbonyl (C=O) groups is 1. The molecule has 37 heavy (non-hydrogen) atoms. The quantitative estimate of drug-likeness (QED) is 0.469. The van der Waals surface area contributed by atoms with Crippen LogP contribution in [-0.4, -0.2) is 51.0 Å². The Labute approximate surface area is 220 Å². The maximum atomic E-state index is 13.8. The lowest BCUT2D eigenvalue weighted by Gasteiger charge is -2.56. The zero-order valence-corrected chi connectivity index (χ0v) is 22.8. The molecule has 3 atom stereocenters. The molecular formula is C30H43NO6. The molecule has 7 rings (SSSR count). The lowest BCUT2D eigenvalue weighted by molar-refractivity contribution is -0.105. The van der Waals surface area contributed by atoms with E-state index in [1.54, 1.807) is 14.2 Å². The summed E-state index contributed by atoms with van der Waals surface area (Å²) < 4.78 is 29.2. The van der Waals surface area contributed by atoms with E-state index in [1.807, 2.05) is 12.1 Å². The molecule has 0 radical (unpaired) electrons. The Balaban J connectivity index is 1.31. The molecule has 5 saturated carbocycles. The lowest BCUT2D eigenvalue weighted by Crippen LogP contribution is -2.59. The molecule has 5 fully saturated rings. The largest absolute Gasteiger partial charge is 0.487 e. The zero-order chi connectivity index (χ0) is 25.8. The smallest absolute Gasteiger partial charge is 0.251 e. The second kappa shape index (κ2) is 9.73. The fraction of sp³-hybridized carbons (Fsp3) is 0.767. The van der Waals surface area contributed by atoms with E-state index in [-0.39, 0.29) is 35.9 Å². The molecule has 0 aromatic heterocycles. The van der Waals surface area contributed by atoms with Crippen molar-refractivity contribution in [2.75, 3.05) is 27.8 Å². The van der Waals surface area contributed by atoms with Crippen LogP contribution in [0.2, 0.25) is 0 Å². The number of fused-ring (bicyclic) bond motifs is 3. The minimum atomic E-state index is -0.350. The van der Waals surface area contributed by atoms with Gasteiger partial charge in [-0.1, -0.05) is 0 Å². The average molecular weight is 514 g/mol. The van der Waals surface area contributed by atoms with Crippen molar-refractivity contribution in [3.8, 4) is 11.5 Å². The standard InChI is InChI=1S/C30H43NO6/c1-29(2)24-6-5-22(35-16-33-3)12-23(24)27-25(36-17-34-4)10-21(11-26(27)37-29)28(32)31-30-13-18-7-19(14-30)9-20(8-18)15-30/h10-11,18-20,22-24H,5-9,12-17H2,1-4H3,(H,31,32)/t18?,19?,20?,22-,23-,24-,30?/m1/s1. The number of hydrogen-bond donors (Lipinski definition) is 1. The number of methoxy groups -OCH3 is 2. The highest BCUT2D eigenvalue weighted by molar-refractivity contribution is 5.96. The first kappa shape index (κ1) is 25.4. The van der Waals surface area contributed by atoms with Gasteiger partial charge in [-0.15, -0.1) is 0 Å². The van der Waals surface area contributed by atoms with Gasteiger partial charge in [0.2, 0.25) is 0 Å². The van der Waals surface area contributed by atoms with Crippen LogP contribution in [0.5, 0.6) is 11.5 Å². The Kier molecular flexibility index (Phi) is 6.69. The van der Waals surface area contributed by atoms with Gasteiger partial charge in [-0.2, -0.15) is 0 Å². The predicted molar refractivity (Wildman–Crippen MR) is 139 cm³/mol. The van der Waals surface area contributed by atoms with E-state index in [1.165, 1.54) is 19.3 Å². The molecule has 0 saturated heterocycles. The van der Waals surface area contributed by atoms with E-state index in [9.17, 15) is 4.79 Å². The molecule has 0 unspecified atom stereocenters. The van der Waals surface area contributed by atoms with E-state index in [0.717, 1.165) is 67.6 Å². The number of ether oxygens (including phenoxy) is 5. The van der Waals surface area contributed by atoms with E-state index < -0.39 is 0 Å². The number of amides is 1. The van der Waals surface area contributed by atoms with Crippen LogP contribution in [0, 0.1) is 23.7 Å². The topological polar surface area (TPSA) is 75.3 Å². The van der Waals surface area contributed by atoms with Crippen LogP contribution in [0.3, 0.4) is 0 Å². The second-order valence-corrected chi connectivity index (χ2v) is 13.0. The van der Waals surface area contributed by atoms with Gasteiger partial charge in [0.05, 0.1) is 6.10 Å². The van der Waals surface area contributed by atoms with E-state index in [0.29, 0.717) is 24.0 Å². The minimum Gasteiger partial charge on any atom is -0.487 e. The summed E-state index contributed by atoms with van der Waals surface area (Å²) in [6, 6.07) is 3.86. The van der Waals surface area contributed by atoms with Crippen LogP contribution in [0.4, 0.5) is 0 Å². The highest BCUT2D eigenvalue weighted by atomic mass is 16.7. The number of rotatable bonds is 8. The van der Waals surface area contributed by atoms with E-state index in [4.69, 9.17) is 23.7 Å². The van der Waals surface area contributed by atoms with Gasteiger partial charge in [0, 0.05) is 42.7 Å². The number of nitrogens with one attached hydrogen (secondary N) is 1. The first-order chi connectivity index (χ1) is 17.8. The number of hydrogen-bond acceptors (Lipinski definition) is 6. The molecule has 4 bridgehead atoms. The molecule has 1 aromatic carbocycles. The van der Waals surface area contributed by atoms with Crippen LogP contribution in [0.15, 0.2) is 12.1 Å². The molecule has 0 spiro atoms. The summed E-state index contributed by atoms with van der Waals surface area (Å²) in [5.41, 5.74) is 1.25. The molecule has 7 heteroatoms. The zero-order valence-electron chi connectivity index (χ0n) is 22.8. The number of carbonyl (C=O) groups excluding carboxylic acids is 1. The van der Waals surface area contributed by atoms with Crippen molar-refractivity contribution >= 4 is 5.91 Å². The molecule has 5 aliphatic carbocycles. The Morgan fingerprint density at radius 2 is 1.65 bits per heavy atom. The first-order valence-electron chi connectivity index (χ1n) is 14.2. The molecule has 1 N–H and O–H groups in total. The third kappa shape index (κ3) is 4.76. The van der Waals surface area contributed by atoms with Crippen LogP contribution in [-0.2, 0) is 14.2 Å². The lowest BCUT2D eigenvalue weighted by atomic mass is 9.53. The molecular weight excluding hydrogens is 470 g/mol.